The molecule has 0 spiro atoms. The Bertz CT molecular complexity index is 6640. The number of hydrogen-bond acceptors (Lipinski definition) is 52. The number of imidazole rings is 3. The van der Waals surface area contributed by atoms with Gasteiger partial charge in [0.2, 0.25) is 5.95 Å². The second-order valence-electron chi connectivity index (χ2n) is 33.4. The predicted octanol–water partition coefficient (Wildman–Crippen LogP) is -1.74. The van der Waals surface area contributed by atoms with E-state index >= 15 is 9.13 Å². The molecule has 62 nitrogen and oxygen atoms in total. The van der Waals surface area contributed by atoms with Crippen molar-refractivity contribution in [3.05, 3.63) is 119 Å². The number of fused-ring (bicyclic) bond motifs is 3. The van der Waals surface area contributed by atoms with Crippen LogP contribution in [0.4, 0.5) is 29.2 Å². The Morgan fingerprint density at radius 3 is 1.20 bits per heavy atom. The zero-order chi connectivity index (χ0) is 105. The summed E-state index contributed by atoms with van der Waals surface area (Å²) in [6.07, 6.45) is -26.4. The zero-order valence-corrected chi connectivity index (χ0v) is 86.0. The lowest BCUT2D eigenvalue weighted by molar-refractivity contribution is -0.0839. The van der Waals surface area contributed by atoms with E-state index in [1.54, 1.807) is 13.8 Å². The normalized spacial score (nSPS) is 29.1. The van der Waals surface area contributed by atoms with Gasteiger partial charge in [-0.15, -0.1) is 0 Å². The fourth-order valence-electron chi connectivity index (χ4n) is 16.8. The Morgan fingerprint density at radius 1 is 0.390 bits per heavy atom. The molecule has 15 heterocycles. The molecular formula is C76H110N23O39P5S3. The Labute approximate surface area is 840 Å². The molecule has 0 bridgehead atoms. The molecule has 0 saturated carbocycles. The van der Waals surface area contributed by atoms with Gasteiger partial charge in [0, 0.05) is 77.3 Å². The summed E-state index contributed by atoms with van der Waals surface area (Å²) >= 11 is 17.2. The van der Waals surface area contributed by atoms with E-state index in [1.807, 2.05) is 0 Å². The minimum atomic E-state index is -5.95. The van der Waals surface area contributed by atoms with Crippen LogP contribution in [0.15, 0.2) is 74.2 Å². The molecule has 0 aliphatic carbocycles. The van der Waals surface area contributed by atoms with Crippen LogP contribution in [0, 0.1) is 20.8 Å². The Morgan fingerprint density at radius 2 is 0.753 bits per heavy atom. The number of aliphatic hydroxyl groups excluding tert-OH is 1. The van der Waals surface area contributed by atoms with Crippen LogP contribution in [0.25, 0.3) is 33.5 Å². The molecule has 9 aromatic rings. The SMILES string of the molecule is CC[C@H]1O[C@@H](n2cc(C)c(N)nc2=O)C[C@H]1OP(O)(=S)OC[C@H]1O[C@@H](n2cc(C)c(=O)[nH]c2=O)C(OCCOC)[C@H]1OP(=O)(O)OC[C@H]1O[C@@H](n2cnc3c(=O)[nH]c(N)nc32)C(OCCOC)[C@H]1OP(=O)(O)OC[C@H]1O[C@@H](n2cc(C)c(N)nc2=O)C(OCCOC)[C@H]1OP(O)(=S)OC[C@H]1O[C@@H](n2cnc3c(N)ncnc32)C(OCCOC)[C@H]1OP(O)(=S)OC[C@H]1O[C@@H](n2cnc3c(N)ncnc32)C(OCCOC)[C@H]1O. The Kier molecular flexibility index (Phi) is 37.1. The van der Waals surface area contributed by atoms with Crippen LogP contribution in [-0.4, -0.2) is 355 Å². The third-order valence-corrected chi connectivity index (χ3v) is 30.4. The van der Waals surface area contributed by atoms with Gasteiger partial charge >= 0.3 is 52.9 Å². The fraction of sp³-hybridized carbons (Fsp3) is 0.645. The molecule has 9 aromatic heterocycles. The number of phosphoric acid groups is 2. The van der Waals surface area contributed by atoms with Gasteiger partial charge in [-0.05, 0) is 62.6 Å². The van der Waals surface area contributed by atoms with Gasteiger partial charge in [-0.2, -0.15) is 15.0 Å². The van der Waals surface area contributed by atoms with Crippen molar-refractivity contribution in [2.24, 2.45) is 0 Å². The van der Waals surface area contributed by atoms with Gasteiger partial charge in [-0.1, -0.05) is 6.92 Å². The Hall–Kier alpha value is -7.98. The van der Waals surface area contributed by atoms with E-state index in [-0.39, 0.29) is 140 Å². The van der Waals surface area contributed by atoms with Gasteiger partial charge in [-0.25, -0.2) is 58.4 Å². The van der Waals surface area contributed by atoms with Crippen molar-refractivity contribution in [2.75, 3.05) is 163 Å². The first-order valence-electron chi connectivity index (χ1n) is 44.6. The molecule has 6 aliphatic rings. The predicted molar refractivity (Wildman–Crippen MR) is 509 cm³/mol. The molecule has 28 atom stereocenters. The van der Waals surface area contributed by atoms with Crippen LogP contribution in [0.3, 0.4) is 0 Å². The number of aliphatic hydroxyl groups is 1. The Balaban J connectivity index is 0.723. The molecule has 0 radical (unpaired) electrons. The number of hydrogen-bond donors (Lipinski definition) is 13. The van der Waals surface area contributed by atoms with Gasteiger partial charge < -0.3 is 152 Å². The highest BCUT2D eigenvalue weighted by Crippen LogP contribution is 2.58. The lowest BCUT2D eigenvalue weighted by Gasteiger charge is -2.30. The van der Waals surface area contributed by atoms with Gasteiger partial charge in [0.25, 0.3) is 11.1 Å². The van der Waals surface area contributed by atoms with Gasteiger partial charge in [0.15, 0.2) is 65.2 Å². The van der Waals surface area contributed by atoms with Crippen LogP contribution in [-0.2, 0) is 166 Å². The van der Waals surface area contributed by atoms with Crippen LogP contribution in [0.1, 0.15) is 73.8 Å². The highest BCUT2D eigenvalue weighted by Gasteiger charge is 2.59. The van der Waals surface area contributed by atoms with E-state index in [2.05, 4.69) is 59.8 Å². The minimum Gasteiger partial charge on any atom is -0.387 e. The summed E-state index contributed by atoms with van der Waals surface area (Å²) in [7, 11) is -5.03. The lowest BCUT2D eigenvalue weighted by atomic mass is 10.1. The van der Waals surface area contributed by atoms with Crippen LogP contribution in [0.2, 0.25) is 0 Å². The molecule has 0 amide bonds. The van der Waals surface area contributed by atoms with E-state index in [0.29, 0.717) is 5.56 Å². The second kappa shape index (κ2) is 48.3. The third-order valence-electron chi connectivity index (χ3n) is 23.7. The third kappa shape index (κ3) is 26.0. The van der Waals surface area contributed by atoms with Crippen molar-refractivity contribution in [3.8, 4) is 0 Å². The maximum absolute atomic E-state index is 15.5. The number of nitrogens with two attached hydrogens (primary N) is 5. The summed E-state index contributed by atoms with van der Waals surface area (Å²) in [5, 5.41) is 12.0. The summed E-state index contributed by atoms with van der Waals surface area (Å²) in [6, 6.07) is 0. The number of nitrogens with one attached hydrogen (secondary N) is 2. The molecule has 10 unspecified atom stereocenters. The fourth-order valence-corrected chi connectivity index (χ4v) is 23.0. The maximum atomic E-state index is 15.5. The molecule has 70 heteroatoms. The zero-order valence-electron chi connectivity index (χ0n) is 79.1. The summed E-state index contributed by atoms with van der Waals surface area (Å²) < 4.78 is 195. The quantitative estimate of drug-likeness (QED) is 0.0149. The van der Waals surface area contributed by atoms with E-state index < -0.39 is 251 Å². The molecule has 146 heavy (non-hydrogen) atoms. The molecular weight excluding hydrogens is 2110 g/mol. The van der Waals surface area contributed by atoms with Crippen molar-refractivity contribution in [1.29, 1.82) is 0 Å². The van der Waals surface area contributed by atoms with Gasteiger partial charge in [0.05, 0.1) is 130 Å². The van der Waals surface area contributed by atoms with Crippen LogP contribution in [0.5, 0.6) is 0 Å². The first kappa shape index (κ1) is 112. The first-order chi connectivity index (χ1) is 69.6. The van der Waals surface area contributed by atoms with Crippen LogP contribution >= 0.6 is 35.8 Å². The number of H-pyrrole nitrogens is 2. The molecule has 6 aliphatic heterocycles. The monoisotopic (exact) mass is 2220 g/mol. The van der Waals surface area contributed by atoms with Crippen molar-refractivity contribution >= 4 is 134 Å². The number of nitrogen functional groups attached to an aromatic ring is 5. The molecule has 6 saturated heterocycles. The van der Waals surface area contributed by atoms with Crippen molar-refractivity contribution < 1.29 is 160 Å². The molecule has 18 N–H and O–H groups in total. The number of nitrogens with zero attached hydrogens (tertiary/aromatic N) is 16. The topological polar surface area (TPSA) is 801 Å². The van der Waals surface area contributed by atoms with Crippen LogP contribution < -0.4 is 56.9 Å². The number of aryl methyl sites for hydroxylation is 3. The van der Waals surface area contributed by atoms with E-state index in [4.69, 9.17) is 185 Å². The minimum absolute atomic E-state index is 0.0144. The van der Waals surface area contributed by atoms with E-state index in [1.165, 1.54) is 94.5 Å². The number of anilines is 5. The summed E-state index contributed by atoms with van der Waals surface area (Å²) in [4.78, 5) is 176. The van der Waals surface area contributed by atoms with E-state index in [9.17, 15) is 53.5 Å². The molecule has 806 valence electrons. The number of aromatic nitrogens is 18. The average molecular weight is 2220 g/mol. The second-order valence-corrected chi connectivity index (χ2v) is 44.6. The summed E-state index contributed by atoms with van der Waals surface area (Å²) in [6.45, 7) is -15.0. The van der Waals surface area contributed by atoms with Gasteiger partial charge in [-0.3, -0.25) is 74.1 Å². The van der Waals surface area contributed by atoms with E-state index in [0.717, 1.165) is 32.6 Å². The standard InChI is InChI=1S/C76H110N23O39P5S3/c1-10-38-39(21-45(128-38)94-22-35(2)59(77)89-74(94)103)134-141(110,144)126-28-43-51(55(119-17-12-114-6)69(131-43)96-24-37(4)66(101)93-76(96)105)136-139(106,107)123-26-41-50(56(120-18-13-115-7)72(132-41)99-34-88-48-65(99)91-73(81)92-67(48)102)135-140(108,109)124-27-42-52(57(121-19-14-116-8)70(130-42)95-23-36(3)60(78)90-75(95)104)137-143(112,146)127-29-44-53(58(122-20-15-117-9)71(133-44)98-33-87-47-62(80)83-31-85-64(47)98)138-142(111,145)125-25-40-49(100)54(118-16-11-113-5)68(129-40)97-32-86-46-61(79)82-30-84-63(46)97/h22-24,30-34,38-45,49-58,68-72,100H,10-21,25-29H2,1-9H3,(H,106,107)(H,108,109)(H,110,144)(H,111,145)(H,112,146)(H2,77,89,103)(H2,78,90,104)(H2,79,82,84)(H2,80,83,85)(H,93,101,105)(H3,81,91,92,102)/t38-,39-,40-,41-,42-,43-,44-,45-,49+,50+,51+,52+,53+,54?,55?,56?,57?,58?,68-,69-,70-,71-,72-,141?,142?,143?/m1/s1. The average Bonchev–Trinajstić information content (AvgIpc) is 1.61. The summed E-state index contributed by atoms with van der Waals surface area (Å²) in [5.74, 6) is -0.687. The highest BCUT2D eigenvalue weighted by molar-refractivity contribution is 8.07. The lowest BCUT2D eigenvalue weighted by Crippen LogP contribution is -2.41. The molecule has 0 aromatic carbocycles. The number of ether oxygens (including phenoxy) is 16. The number of phosphoric ester groups is 2. The summed E-state index contributed by atoms with van der Waals surface area (Å²) in [5.41, 5.74) is 26.6. The number of methoxy groups -OCH3 is 5. The van der Waals surface area contributed by atoms with Crippen molar-refractivity contribution in [3.63, 3.8) is 0 Å². The van der Waals surface area contributed by atoms with Crippen molar-refractivity contribution in [2.45, 2.75) is 182 Å². The first-order valence-corrected chi connectivity index (χ1v) is 55.4. The smallest absolute Gasteiger partial charge is 0.387 e. The molecule has 15 rings (SSSR count). The highest BCUT2D eigenvalue weighted by atomic mass is 32.5. The maximum Gasteiger partial charge on any atom is 0.472 e. The number of aromatic amines is 2. The number of rotatable bonds is 52. The largest absolute Gasteiger partial charge is 0.472 e. The molecule has 6 fully saturated rings. The van der Waals surface area contributed by atoms with Crippen molar-refractivity contribution in [1.82, 2.24) is 87.2 Å². The van der Waals surface area contributed by atoms with Gasteiger partial charge in [0.1, 0.15) is 133 Å².